The number of hydrogen-bond acceptors (Lipinski definition) is 3. The van der Waals surface area contributed by atoms with Gasteiger partial charge < -0.3 is 6.05 Å². The molecule has 0 radical (unpaired) electrons. The SMILES string of the molecule is O=[N+]([O-])OP.[H-].[K+]. The fraction of sp³-hybridized carbons (Fsp3) is 0. The van der Waals surface area contributed by atoms with Crippen molar-refractivity contribution in [1.29, 1.82) is 0 Å². The van der Waals surface area contributed by atoms with E-state index in [0.717, 1.165) is 0 Å². The van der Waals surface area contributed by atoms with Gasteiger partial charge in [-0.3, -0.25) is 0 Å². The molecule has 0 bridgehead atoms. The first kappa shape index (κ1) is 10.3. The van der Waals surface area contributed by atoms with Crippen molar-refractivity contribution in [2.45, 2.75) is 0 Å². The summed E-state index contributed by atoms with van der Waals surface area (Å²) in [6, 6.07) is 0. The van der Waals surface area contributed by atoms with Crippen molar-refractivity contribution in [3.05, 3.63) is 10.1 Å². The average Bonchev–Trinajstić information content (AvgIpc) is 1.38. The predicted octanol–water partition coefficient (Wildman–Crippen LogP) is -2.90. The average molecular weight is 135 g/mol. The van der Waals surface area contributed by atoms with Crippen molar-refractivity contribution >= 4 is 9.47 Å². The standard InChI is InChI=1S/K.H2NO3P.H/c;2-1(3)4-5;/h;5H2;/q+1;;-1. The van der Waals surface area contributed by atoms with Gasteiger partial charge in [0.05, 0.1) is 9.47 Å². The van der Waals surface area contributed by atoms with E-state index in [1.807, 2.05) is 0 Å². The molecule has 6 heteroatoms. The molecule has 0 aliphatic rings. The molecule has 0 spiro atoms. The van der Waals surface area contributed by atoms with Crippen molar-refractivity contribution in [3.8, 4) is 0 Å². The molecule has 0 N–H and O–H groups in total. The molecule has 0 rings (SSSR count). The van der Waals surface area contributed by atoms with Crippen LogP contribution in [0.1, 0.15) is 1.43 Å². The summed E-state index contributed by atoms with van der Waals surface area (Å²) in [4.78, 5) is 8.93. The maximum Gasteiger partial charge on any atom is 1.00 e. The largest absolute Gasteiger partial charge is 1.00 e. The molecule has 0 heterocycles. The van der Waals surface area contributed by atoms with Crippen LogP contribution in [0.5, 0.6) is 0 Å². The van der Waals surface area contributed by atoms with Crippen molar-refractivity contribution in [3.63, 3.8) is 0 Å². The Hall–Kier alpha value is 1.27. The van der Waals surface area contributed by atoms with Crippen LogP contribution in [0.4, 0.5) is 0 Å². The van der Waals surface area contributed by atoms with E-state index in [1.54, 1.807) is 0 Å². The van der Waals surface area contributed by atoms with E-state index in [1.165, 1.54) is 9.47 Å². The van der Waals surface area contributed by atoms with Crippen LogP contribution in [-0.2, 0) is 4.62 Å². The van der Waals surface area contributed by atoms with Crippen LogP contribution in [0.15, 0.2) is 0 Å². The van der Waals surface area contributed by atoms with E-state index in [-0.39, 0.29) is 52.8 Å². The maximum absolute atomic E-state index is 8.93. The first-order valence-electron chi connectivity index (χ1n) is 0.783. The van der Waals surface area contributed by atoms with E-state index < -0.39 is 5.09 Å². The van der Waals surface area contributed by atoms with Gasteiger partial charge in [-0.2, -0.15) is 0 Å². The molecule has 0 aromatic carbocycles. The van der Waals surface area contributed by atoms with E-state index in [2.05, 4.69) is 4.62 Å². The smallest absolute Gasteiger partial charge is 1.00 e. The molecule has 1 atom stereocenters. The zero-order valence-corrected chi connectivity index (χ0v) is 7.53. The normalized spacial score (nSPS) is 5.50. The van der Waals surface area contributed by atoms with E-state index in [9.17, 15) is 0 Å². The van der Waals surface area contributed by atoms with Gasteiger partial charge in [0, 0.05) is 0 Å². The van der Waals surface area contributed by atoms with Crippen LogP contribution in [0.2, 0.25) is 0 Å². The summed E-state index contributed by atoms with van der Waals surface area (Å²) in [7, 11) is 1.50. The Bertz CT molecular complexity index is 50.2. The predicted molar refractivity (Wildman–Crippen MR) is 18.9 cm³/mol. The quantitative estimate of drug-likeness (QED) is 0.168. The van der Waals surface area contributed by atoms with Crippen LogP contribution in [0, 0.1) is 10.1 Å². The van der Waals surface area contributed by atoms with Gasteiger partial charge in [-0.15, -0.1) is 10.1 Å². The zero-order valence-electron chi connectivity index (χ0n) is 4.25. The Morgan fingerprint density at radius 3 is 2.17 bits per heavy atom. The molecule has 0 aliphatic heterocycles. The number of rotatable bonds is 1. The van der Waals surface area contributed by atoms with Gasteiger partial charge in [0.2, 0.25) is 0 Å². The van der Waals surface area contributed by atoms with Crippen molar-refractivity contribution in [2.24, 2.45) is 0 Å². The molecule has 0 saturated heterocycles. The minimum Gasteiger partial charge on any atom is -1.00 e. The van der Waals surface area contributed by atoms with Crippen LogP contribution in [0.3, 0.4) is 0 Å². The Labute approximate surface area is 80.9 Å². The molecule has 32 valence electrons. The molecule has 1 unspecified atom stereocenters. The second-order valence-electron chi connectivity index (χ2n) is 0.329. The van der Waals surface area contributed by atoms with Gasteiger partial charge in [-0.1, -0.05) is 0 Å². The third kappa shape index (κ3) is 8.98. The molecule has 0 saturated carbocycles. The molecule has 6 heavy (non-hydrogen) atoms. The summed E-state index contributed by atoms with van der Waals surface area (Å²) in [6.07, 6.45) is 0. The second-order valence-corrected chi connectivity index (χ2v) is 0.540. The summed E-state index contributed by atoms with van der Waals surface area (Å²) in [5.41, 5.74) is 0. The number of nitrogens with zero attached hydrogens (tertiary/aromatic N) is 1. The van der Waals surface area contributed by atoms with Crippen LogP contribution < -0.4 is 51.4 Å². The number of hydrogen-bond donors (Lipinski definition) is 0. The van der Waals surface area contributed by atoms with Crippen LogP contribution in [-0.4, -0.2) is 5.09 Å². The van der Waals surface area contributed by atoms with E-state index >= 15 is 0 Å². The fourth-order valence-electron chi connectivity index (χ4n) is 0. The summed E-state index contributed by atoms with van der Waals surface area (Å²) in [5.74, 6) is 0. The third-order valence-electron chi connectivity index (χ3n) is 0.0861. The van der Waals surface area contributed by atoms with Gasteiger partial charge in [-0.25, -0.2) is 0 Å². The Morgan fingerprint density at radius 1 is 2.00 bits per heavy atom. The molecule has 0 aliphatic carbocycles. The van der Waals surface area contributed by atoms with Gasteiger partial charge in [0.15, 0.2) is 0 Å². The minimum absolute atomic E-state index is 0. The van der Waals surface area contributed by atoms with E-state index in [4.69, 9.17) is 10.1 Å². The fourth-order valence-corrected chi connectivity index (χ4v) is 0. The zero-order chi connectivity index (χ0) is 4.28. The van der Waals surface area contributed by atoms with Crippen LogP contribution >= 0.6 is 9.47 Å². The van der Waals surface area contributed by atoms with E-state index in [0.29, 0.717) is 0 Å². The van der Waals surface area contributed by atoms with Crippen molar-refractivity contribution in [2.75, 3.05) is 0 Å². The topological polar surface area (TPSA) is 52.4 Å². The second kappa shape index (κ2) is 6.27. The summed E-state index contributed by atoms with van der Waals surface area (Å²) < 4.78 is 3.39. The Kier molecular flexibility index (Phi) is 10.7. The van der Waals surface area contributed by atoms with Crippen molar-refractivity contribution < 1.29 is 62.5 Å². The molecular formula is H3KNO3P. The third-order valence-corrected chi connectivity index (χ3v) is 0.258. The minimum atomic E-state index is -0.912. The molecule has 0 fully saturated rings. The van der Waals surface area contributed by atoms with Crippen LogP contribution in [0.25, 0.3) is 0 Å². The van der Waals surface area contributed by atoms with Gasteiger partial charge >= 0.3 is 51.4 Å². The molecule has 0 amide bonds. The first-order chi connectivity index (χ1) is 2.27. The molecule has 0 aromatic heterocycles. The first-order valence-corrected chi connectivity index (χ1v) is 1.25. The monoisotopic (exact) mass is 135 g/mol. The maximum atomic E-state index is 8.93. The summed E-state index contributed by atoms with van der Waals surface area (Å²) in [5, 5.41) is 8.02. The Balaban J connectivity index is -0.0000000800. The van der Waals surface area contributed by atoms with Gasteiger partial charge in [0.1, 0.15) is 0 Å². The van der Waals surface area contributed by atoms with Crippen molar-refractivity contribution in [1.82, 2.24) is 0 Å². The molecular weight excluding hydrogens is 132 g/mol. The molecule has 0 aromatic rings. The summed E-state index contributed by atoms with van der Waals surface area (Å²) in [6.45, 7) is 0. The van der Waals surface area contributed by atoms with Gasteiger partial charge in [-0.05, 0) is 0 Å². The Morgan fingerprint density at radius 2 is 2.17 bits per heavy atom. The molecule has 4 nitrogen and oxygen atoms in total. The summed E-state index contributed by atoms with van der Waals surface area (Å²) >= 11 is 0. The van der Waals surface area contributed by atoms with Gasteiger partial charge in [0.25, 0.3) is 5.09 Å².